The van der Waals surface area contributed by atoms with Gasteiger partial charge in [0.1, 0.15) is 0 Å². The van der Waals surface area contributed by atoms with E-state index in [9.17, 15) is 18.5 Å². The molecule has 1 aliphatic rings. The van der Waals surface area contributed by atoms with Gasteiger partial charge in [-0.3, -0.25) is 15.0 Å². The Hall–Kier alpha value is -1.55. The Labute approximate surface area is 129 Å². The second-order valence-electron chi connectivity index (χ2n) is 5.10. The van der Waals surface area contributed by atoms with Crippen LogP contribution in [0.2, 0.25) is 0 Å². The van der Waals surface area contributed by atoms with Gasteiger partial charge in [-0.25, -0.2) is 13.1 Å². The normalized spacial score (nSPS) is 18.0. The third-order valence-corrected chi connectivity index (χ3v) is 5.00. The highest BCUT2D eigenvalue weighted by atomic mass is 32.2. The summed E-state index contributed by atoms with van der Waals surface area (Å²) in [5.41, 5.74) is -0.246. The molecule has 0 spiro atoms. The molecule has 0 bridgehead atoms. The molecule has 1 fully saturated rings. The monoisotopic (exact) mass is 329 g/mol. The molecule has 0 unspecified atom stereocenters. The van der Waals surface area contributed by atoms with Crippen molar-refractivity contribution in [3.8, 4) is 0 Å². The molecule has 9 heteroatoms. The molecular weight excluding hydrogens is 310 g/mol. The molecule has 0 saturated carbocycles. The highest BCUT2D eigenvalue weighted by Gasteiger charge is 2.21. The number of nitrogens with zero attached hydrogens (tertiary/aromatic N) is 2. The van der Waals surface area contributed by atoms with Crippen molar-refractivity contribution >= 4 is 15.7 Å². The number of rotatable bonds is 6. The summed E-state index contributed by atoms with van der Waals surface area (Å²) in [6.07, 6.45) is 0. The van der Waals surface area contributed by atoms with Crippen molar-refractivity contribution in [2.75, 3.05) is 32.8 Å². The number of hydrogen-bond acceptors (Lipinski definition) is 6. The molecule has 122 valence electrons. The lowest BCUT2D eigenvalue weighted by molar-refractivity contribution is -0.385. The molecule has 2 rings (SSSR count). The van der Waals surface area contributed by atoms with Crippen molar-refractivity contribution in [3.05, 3.63) is 34.4 Å². The predicted octanol–water partition coefficient (Wildman–Crippen LogP) is 0.594. The molecule has 1 atom stereocenters. The van der Waals surface area contributed by atoms with E-state index in [0.29, 0.717) is 13.2 Å². The molecule has 22 heavy (non-hydrogen) atoms. The van der Waals surface area contributed by atoms with Crippen molar-refractivity contribution in [2.45, 2.75) is 17.9 Å². The van der Waals surface area contributed by atoms with Gasteiger partial charge >= 0.3 is 0 Å². The molecular formula is C13H19N3O5S. The van der Waals surface area contributed by atoms with Crippen LogP contribution >= 0.6 is 0 Å². The van der Waals surface area contributed by atoms with Crippen LogP contribution in [0.1, 0.15) is 6.92 Å². The number of non-ortho nitro benzene ring substituents is 1. The summed E-state index contributed by atoms with van der Waals surface area (Å²) in [6.45, 7) is 4.98. The molecule has 1 heterocycles. The highest BCUT2D eigenvalue weighted by molar-refractivity contribution is 7.89. The van der Waals surface area contributed by atoms with Crippen LogP contribution in [0.3, 0.4) is 0 Å². The van der Waals surface area contributed by atoms with Gasteiger partial charge in [0.15, 0.2) is 0 Å². The Morgan fingerprint density at radius 1 is 1.41 bits per heavy atom. The minimum atomic E-state index is -3.76. The summed E-state index contributed by atoms with van der Waals surface area (Å²) < 4.78 is 32.2. The number of nitro groups is 1. The van der Waals surface area contributed by atoms with Gasteiger partial charge in [-0.1, -0.05) is 6.07 Å². The Bertz CT molecular complexity index is 628. The van der Waals surface area contributed by atoms with Crippen molar-refractivity contribution in [1.29, 1.82) is 0 Å². The van der Waals surface area contributed by atoms with Gasteiger partial charge in [-0.05, 0) is 13.0 Å². The number of morpholine rings is 1. The second kappa shape index (κ2) is 7.14. The minimum absolute atomic E-state index is 0.0253. The summed E-state index contributed by atoms with van der Waals surface area (Å²) in [7, 11) is -3.76. The van der Waals surface area contributed by atoms with Gasteiger partial charge in [0.05, 0.1) is 23.0 Å². The van der Waals surface area contributed by atoms with Gasteiger partial charge in [0, 0.05) is 37.8 Å². The smallest absolute Gasteiger partial charge is 0.270 e. The van der Waals surface area contributed by atoms with Crippen LogP contribution in [0.4, 0.5) is 5.69 Å². The maximum Gasteiger partial charge on any atom is 0.270 e. The first-order chi connectivity index (χ1) is 10.4. The Morgan fingerprint density at radius 3 is 2.73 bits per heavy atom. The van der Waals surface area contributed by atoms with E-state index in [4.69, 9.17) is 4.74 Å². The number of ether oxygens (including phenoxy) is 1. The van der Waals surface area contributed by atoms with Gasteiger partial charge in [0.25, 0.3) is 5.69 Å². The third kappa shape index (κ3) is 4.23. The van der Waals surface area contributed by atoms with Crippen LogP contribution in [0.25, 0.3) is 0 Å². The topological polar surface area (TPSA) is 102 Å². The largest absolute Gasteiger partial charge is 0.379 e. The first-order valence-corrected chi connectivity index (χ1v) is 8.44. The van der Waals surface area contributed by atoms with Crippen LogP contribution in [-0.2, 0) is 14.8 Å². The molecule has 8 nitrogen and oxygen atoms in total. The fourth-order valence-corrected chi connectivity index (χ4v) is 3.39. The zero-order valence-corrected chi connectivity index (χ0v) is 13.1. The summed E-state index contributed by atoms with van der Waals surface area (Å²) in [6, 6.07) is 5.04. The molecule has 1 aromatic carbocycles. The summed E-state index contributed by atoms with van der Waals surface area (Å²) in [5.74, 6) is 0. The summed E-state index contributed by atoms with van der Waals surface area (Å²) in [4.78, 5) is 12.1. The maximum absolute atomic E-state index is 12.2. The average Bonchev–Trinajstić information content (AvgIpc) is 2.53. The predicted molar refractivity (Wildman–Crippen MR) is 80.1 cm³/mol. The van der Waals surface area contributed by atoms with Gasteiger partial charge < -0.3 is 4.74 Å². The van der Waals surface area contributed by atoms with E-state index in [1.807, 2.05) is 6.92 Å². The first-order valence-electron chi connectivity index (χ1n) is 6.96. The molecule has 1 N–H and O–H groups in total. The fraction of sp³-hybridized carbons (Fsp3) is 0.538. The second-order valence-corrected chi connectivity index (χ2v) is 6.87. The number of nitro benzene ring substituents is 1. The van der Waals surface area contributed by atoms with Crippen LogP contribution in [-0.4, -0.2) is 57.1 Å². The molecule has 1 saturated heterocycles. The van der Waals surface area contributed by atoms with E-state index in [-0.39, 0.29) is 23.2 Å². The quantitative estimate of drug-likeness (QED) is 0.605. The number of sulfonamides is 1. The number of hydrogen-bond donors (Lipinski definition) is 1. The van der Waals surface area contributed by atoms with Gasteiger partial charge in [0.2, 0.25) is 10.0 Å². The highest BCUT2D eigenvalue weighted by Crippen LogP contribution is 2.17. The molecule has 0 aliphatic carbocycles. The van der Waals surface area contributed by atoms with Gasteiger partial charge in [-0.15, -0.1) is 0 Å². The maximum atomic E-state index is 12.2. The van der Waals surface area contributed by atoms with E-state index in [2.05, 4.69) is 9.62 Å². The Balaban J connectivity index is 2.01. The first kappa shape index (κ1) is 16.8. The Kier molecular flexibility index (Phi) is 5.46. The summed E-state index contributed by atoms with van der Waals surface area (Å²) in [5, 5.41) is 10.7. The lowest BCUT2D eigenvalue weighted by Crippen LogP contribution is -2.47. The Morgan fingerprint density at radius 2 is 2.09 bits per heavy atom. The molecule has 1 aromatic rings. The standard InChI is InChI=1S/C13H19N3O5S/c1-11(15-5-7-21-8-6-15)10-14-22(19,20)13-4-2-3-12(9-13)16(17)18/h2-4,9,11,14H,5-8,10H2,1H3/t11-/m1/s1. The summed E-state index contributed by atoms with van der Waals surface area (Å²) >= 11 is 0. The van der Waals surface area contributed by atoms with Crippen molar-refractivity contribution in [3.63, 3.8) is 0 Å². The number of benzene rings is 1. The molecule has 1 aliphatic heterocycles. The van der Waals surface area contributed by atoms with E-state index < -0.39 is 14.9 Å². The minimum Gasteiger partial charge on any atom is -0.379 e. The van der Waals surface area contributed by atoms with Crippen molar-refractivity contribution < 1.29 is 18.1 Å². The molecule has 0 radical (unpaired) electrons. The zero-order valence-electron chi connectivity index (χ0n) is 12.3. The SMILES string of the molecule is C[C@H](CNS(=O)(=O)c1cccc([N+](=O)[O-])c1)N1CCOCC1. The number of nitrogens with one attached hydrogen (secondary N) is 1. The van der Waals surface area contributed by atoms with Crippen LogP contribution in [0.5, 0.6) is 0 Å². The van der Waals surface area contributed by atoms with E-state index in [1.54, 1.807) is 0 Å². The van der Waals surface area contributed by atoms with Crippen LogP contribution in [0, 0.1) is 10.1 Å². The van der Waals surface area contributed by atoms with E-state index in [1.165, 1.54) is 18.2 Å². The third-order valence-electron chi connectivity index (χ3n) is 3.58. The van der Waals surface area contributed by atoms with Crippen LogP contribution in [0.15, 0.2) is 29.2 Å². The van der Waals surface area contributed by atoms with Crippen molar-refractivity contribution in [2.24, 2.45) is 0 Å². The average molecular weight is 329 g/mol. The van der Waals surface area contributed by atoms with E-state index in [0.717, 1.165) is 19.2 Å². The zero-order chi connectivity index (χ0) is 16.2. The van der Waals surface area contributed by atoms with Crippen molar-refractivity contribution in [1.82, 2.24) is 9.62 Å². The van der Waals surface area contributed by atoms with E-state index >= 15 is 0 Å². The lowest BCUT2D eigenvalue weighted by Gasteiger charge is -2.32. The van der Waals surface area contributed by atoms with Gasteiger partial charge in [-0.2, -0.15) is 0 Å². The fourth-order valence-electron chi connectivity index (χ4n) is 2.23. The molecule has 0 amide bonds. The lowest BCUT2D eigenvalue weighted by atomic mass is 10.2. The van der Waals surface area contributed by atoms with Crippen LogP contribution < -0.4 is 4.72 Å². The molecule has 0 aromatic heterocycles.